The number of Topliss-reactive ketones (excluding diaryl/α,β-unsaturated/α-hetero) is 1. The Bertz CT molecular complexity index is 2010. The van der Waals surface area contributed by atoms with Crippen LogP contribution in [0.3, 0.4) is 0 Å². The molecule has 15 heteroatoms. The van der Waals surface area contributed by atoms with E-state index < -0.39 is 85.8 Å². The summed E-state index contributed by atoms with van der Waals surface area (Å²) < 4.78 is 72.7. The molecule has 2 aromatic rings. The van der Waals surface area contributed by atoms with Crippen molar-refractivity contribution in [1.29, 1.82) is 0 Å². The van der Waals surface area contributed by atoms with Gasteiger partial charge in [-0.15, -0.1) is 0 Å². The quantitative estimate of drug-likeness (QED) is 0.236. The molecule has 0 spiro atoms. The standard InChI is InChI=1S/C41H53F2N3O9S/c1-24-9-7-8-10-26-19-41(26,38(50)45-56(51,52)40(23-42)13-14-40)20-33(47)32-17-28(54-36-31-16-27(43)11-12-29(31)34(53-6)21-44-36)22-46(32)37(49)30(25(2)15-24)18-35(48)55-39(3,4)5/h8,10-12,16,21,24-26,28,30,32H,7,9,13-15,17-20,22-23H2,1-6H3,(H,45,50)/b10-8-/t24-,25-,26-,28-,30+,32+,41-/m1/s1. The number of sulfonamides is 1. The Hall–Kier alpha value is -4.14. The van der Waals surface area contributed by atoms with Gasteiger partial charge in [-0.2, -0.15) is 0 Å². The summed E-state index contributed by atoms with van der Waals surface area (Å²) in [6.45, 7) is 8.00. The highest BCUT2D eigenvalue weighted by atomic mass is 32.2. The van der Waals surface area contributed by atoms with Crippen molar-refractivity contribution in [2.24, 2.45) is 29.1 Å². The molecule has 1 saturated heterocycles. The number of nitrogens with one attached hydrogen (secondary N) is 1. The molecule has 2 saturated carbocycles. The lowest BCUT2D eigenvalue weighted by atomic mass is 9.82. The molecular weight excluding hydrogens is 749 g/mol. The fraction of sp³-hybridized carbons (Fsp3) is 0.634. The van der Waals surface area contributed by atoms with Crippen LogP contribution in [0.15, 0.2) is 36.5 Å². The SMILES string of the molecule is COc1cnc(O[C@@H]2C[C@H]3C(=O)C[C@]4(C(=O)NS(=O)(=O)C5(CF)CC5)C[C@H]4/C=C\CC[C@@H](C)C[C@@H](C)[C@H](CC(=O)OC(C)(C)C)C(=O)N3C2)c2cc(F)ccc12. The van der Waals surface area contributed by atoms with Crippen LogP contribution in [0.1, 0.15) is 92.4 Å². The summed E-state index contributed by atoms with van der Waals surface area (Å²) in [6, 6.07) is 2.97. The third-order valence-electron chi connectivity index (χ3n) is 11.9. The van der Waals surface area contributed by atoms with Crippen LogP contribution in [0.5, 0.6) is 11.6 Å². The monoisotopic (exact) mass is 801 g/mol. The van der Waals surface area contributed by atoms with E-state index in [0.717, 1.165) is 6.42 Å². The Kier molecular flexibility index (Phi) is 11.6. The van der Waals surface area contributed by atoms with E-state index in [1.807, 2.05) is 19.1 Å². The van der Waals surface area contributed by atoms with Crippen molar-refractivity contribution in [3.8, 4) is 11.6 Å². The first-order chi connectivity index (χ1) is 26.3. The normalized spacial score (nSPS) is 30.0. The number of benzene rings is 1. The number of fused-ring (bicyclic) bond motifs is 3. The van der Waals surface area contributed by atoms with Crippen molar-refractivity contribution < 1.29 is 50.6 Å². The molecule has 4 aliphatic rings. The van der Waals surface area contributed by atoms with Crippen LogP contribution in [0.2, 0.25) is 0 Å². The lowest BCUT2D eigenvalue weighted by molar-refractivity contribution is -0.160. The lowest BCUT2D eigenvalue weighted by Crippen LogP contribution is -2.48. The molecule has 306 valence electrons. The van der Waals surface area contributed by atoms with Gasteiger partial charge < -0.3 is 19.1 Å². The largest absolute Gasteiger partial charge is 0.494 e. The number of ether oxygens (including phenoxy) is 3. The number of rotatable bonds is 9. The number of nitrogens with zero attached hydrogens (tertiary/aromatic N) is 2. The first-order valence-electron chi connectivity index (χ1n) is 19.5. The van der Waals surface area contributed by atoms with Crippen molar-refractivity contribution in [3.63, 3.8) is 0 Å². The van der Waals surface area contributed by atoms with Crippen molar-refractivity contribution in [1.82, 2.24) is 14.6 Å². The van der Waals surface area contributed by atoms with Gasteiger partial charge in [0.25, 0.3) is 0 Å². The van der Waals surface area contributed by atoms with Crippen molar-refractivity contribution >= 4 is 44.4 Å². The first kappa shape index (κ1) is 41.5. The predicted molar refractivity (Wildman–Crippen MR) is 203 cm³/mol. The average Bonchev–Trinajstić information content (AvgIpc) is 4.02. The minimum atomic E-state index is -4.36. The smallest absolute Gasteiger partial charge is 0.307 e. The molecule has 0 radical (unpaired) electrons. The van der Waals surface area contributed by atoms with Gasteiger partial charge in [0.1, 0.15) is 34.7 Å². The number of carbonyl (C=O) groups excluding carboxylic acids is 4. The molecule has 56 heavy (non-hydrogen) atoms. The minimum Gasteiger partial charge on any atom is -0.494 e. The predicted octanol–water partition coefficient (Wildman–Crippen LogP) is 6.00. The van der Waals surface area contributed by atoms with E-state index in [4.69, 9.17) is 14.2 Å². The van der Waals surface area contributed by atoms with Crippen LogP contribution >= 0.6 is 0 Å². The number of ketones is 1. The number of pyridine rings is 1. The molecule has 3 heterocycles. The second kappa shape index (κ2) is 15.7. The summed E-state index contributed by atoms with van der Waals surface area (Å²) in [7, 11) is -2.90. The number of alkyl halides is 1. The maximum atomic E-state index is 14.8. The fourth-order valence-electron chi connectivity index (χ4n) is 8.38. The van der Waals surface area contributed by atoms with E-state index in [2.05, 4.69) is 16.6 Å². The van der Waals surface area contributed by atoms with Gasteiger partial charge in [-0.3, -0.25) is 23.9 Å². The molecule has 1 aromatic carbocycles. The highest BCUT2D eigenvalue weighted by Gasteiger charge is 2.63. The van der Waals surface area contributed by atoms with Crippen LogP contribution in [0.25, 0.3) is 10.8 Å². The summed E-state index contributed by atoms with van der Waals surface area (Å²) >= 11 is 0. The maximum Gasteiger partial charge on any atom is 0.307 e. The third-order valence-corrected chi connectivity index (χ3v) is 14.0. The second-order valence-electron chi connectivity index (χ2n) is 17.4. The third kappa shape index (κ3) is 8.57. The van der Waals surface area contributed by atoms with E-state index in [9.17, 15) is 36.4 Å². The maximum absolute atomic E-state index is 14.8. The molecule has 2 aliphatic heterocycles. The molecule has 0 bridgehead atoms. The molecule has 2 aliphatic carbocycles. The van der Waals surface area contributed by atoms with E-state index in [1.54, 1.807) is 20.8 Å². The van der Waals surface area contributed by atoms with Crippen LogP contribution in [-0.2, 0) is 33.9 Å². The van der Waals surface area contributed by atoms with Crippen LogP contribution in [-0.4, -0.2) is 84.7 Å². The molecule has 2 amide bonds. The topological polar surface area (TPSA) is 158 Å². The number of esters is 1. The van der Waals surface area contributed by atoms with E-state index >= 15 is 0 Å². The Morgan fingerprint density at radius 3 is 2.50 bits per heavy atom. The number of hydrogen-bond acceptors (Lipinski definition) is 10. The van der Waals surface area contributed by atoms with E-state index in [0.29, 0.717) is 29.4 Å². The van der Waals surface area contributed by atoms with Crippen LogP contribution in [0.4, 0.5) is 8.78 Å². The van der Waals surface area contributed by atoms with Gasteiger partial charge in [-0.05, 0) is 95.2 Å². The van der Waals surface area contributed by atoms with E-state index in [1.165, 1.54) is 36.4 Å². The summed E-state index contributed by atoms with van der Waals surface area (Å²) in [5, 5.41) is 0.860. The highest BCUT2D eigenvalue weighted by Crippen LogP contribution is 2.58. The van der Waals surface area contributed by atoms with Crippen LogP contribution < -0.4 is 14.2 Å². The van der Waals surface area contributed by atoms with Crippen molar-refractivity contribution in [3.05, 3.63) is 42.4 Å². The molecule has 7 atom stereocenters. The summed E-state index contributed by atoms with van der Waals surface area (Å²) in [5.41, 5.74) is -2.23. The number of allylic oxidation sites excluding steroid dienone is 2. The zero-order valence-corrected chi connectivity index (χ0v) is 33.8. The Morgan fingerprint density at radius 2 is 1.84 bits per heavy atom. The Balaban J connectivity index is 1.36. The van der Waals surface area contributed by atoms with Gasteiger partial charge in [-0.1, -0.05) is 26.0 Å². The summed E-state index contributed by atoms with van der Waals surface area (Å²) in [5.74, 6) is -3.88. The van der Waals surface area contributed by atoms with E-state index in [-0.39, 0.29) is 62.8 Å². The zero-order valence-electron chi connectivity index (χ0n) is 32.9. The van der Waals surface area contributed by atoms with Gasteiger partial charge in [0.05, 0.1) is 49.0 Å². The Labute approximate surface area is 327 Å². The number of methoxy groups -OCH3 is 1. The second-order valence-corrected chi connectivity index (χ2v) is 19.5. The van der Waals surface area contributed by atoms with Gasteiger partial charge in [0.2, 0.25) is 27.7 Å². The molecule has 1 aromatic heterocycles. The molecular formula is C41H53F2N3O9S. The van der Waals surface area contributed by atoms with Gasteiger partial charge in [-0.25, -0.2) is 22.2 Å². The van der Waals surface area contributed by atoms with Gasteiger partial charge in [0, 0.05) is 18.2 Å². The lowest BCUT2D eigenvalue weighted by Gasteiger charge is -2.32. The number of halogens is 2. The molecule has 6 rings (SSSR count). The van der Waals surface area contributed by atoms with Gasteiger partial charge >= 0.3 is 5.97 Å². The van der Waals surface area contributed by atoms with Crippen molar-refractivity contribution in [2.45, 2.75) is 115 Å². The zero-order chi connectivity index (χ0) is 40.8. The summed E-state index contributed by atoms with van der Waals surface area (Å²) in [6.07, 6.45) is 6.18. The molecule has 12 nitrogen and oxygen atoms in total. The number of aromatic nitrogens is 1. The van der Waals surface area contributed by atoms with Crippen LogP contribution in [0, 0.1) is 34.9 Å². The molecule has 3 fully saturated rings. The Morgan fingerprint density at radius 1 is 1.11 bits per heavy atom. The molecule has 0 unspecified atom stereocenters. The number of hydrogen-bond donors (Lipinski definition) is 1. The average molecular weight is 802 g/mol. The fourth-order valence-corrected chi connectivity index (χ4v) is 9.83. The number of amides is 2. The first-order valence-corrected chi connectivity index (χ1v) is 20.9. The highest BCUT2D eigenvalue weighted by molar-refractivity contribution is 7.91. The number of carbonyl (C=O) groups is 4. The summed E-state index contributed by atoms with van der Waals surface area (Å²) in [4.78, 5) is 62.5. The molecule has 1 N–H and O–H groups in total. The minimum absolute atomic E-state index is 0.0134. The van der Waals surface area contributed by atoms with Crippen molar-refractivity contribution in [2.75, 3.05) is 20.3 Å². The van der Waals surface area contributed by atoms with Gasteiger partial charge in [0.15, 0.2) is 5.78 Å².